The number of nitrogens with one attached hydrogen (secondary N) is 1. The first-order valence-corrected chi connectivity index (χ1v) is 6.75. The molecule has 0 saturated heterocycles. The number of halogens is 1. The Kier molecular flexibility index (Phi) is 4.45. The maximum atomic E-state index is 14.1. The van der Waals surface area contributed by atoms with Gasteiger partial charge in [0.1, 0.15) is 17.3 Å². The lowest BCUT2D eigenvalue weighted by Gasteiger charge is -2.24. The molecule has 0 aliphatic heterocycles. The molecule has 2 aromatic rings. The third-order valence-electron chi connectivity index (χ3n) is 3.50. The van der Waals surface area contributed by atoms with Gasteiger partial charge in [-0.2, -0.15) is 0 Å². The molecule has 4 heteroatoms. The van der Waals surface area contributed by atoms with Crippen LogP contribution in [-0.2, 0) is 6.54 Å². The maximum Gasteiger partial charge on any atom is 0.130 e. The first-order valence-electron chi connectivity index (χ1n) is 6.75. The molecule has 1 unspecified atom stereocenters. The van der Waals surface area contributed by atoms with Crippen LogP contribution in [0.15, 0.2) is 34.7 Å². The van der Waals surface area contributed by atoms with E-state index in [0.29, 0.717) is 12.1 Å². The minimum Gasteiger partial charge on any atom is -0.464 e. The number of benzene rings is 1. The fourth-order valence-corrected chi connectivity index (χ4v) is 2.32. The predicted molar refractivity (Wildman–Crippen MR) is 79.4 cm³/mol. The van der Waals surface area contributed by atoms with E-state index in [1.54, 1.807) is 6.07 Å². The minimum atomic E-state index is -0.188. The van der Waals surface area contributed by atoms with E-state index in [0.717, 1.165) is 17.2 Å². The van der Waals surface area contributed by atoms with Crippen molar-refractivity contribution in [3.05, 3.63) is 53.2 Å². The van der Waals surface area contributed by atoms with Crippen molar-refractivity contribution >= 4 is 5.69 Å². The number of anilines is 1. The summed E-state index contributed by atoms with van der Waals surface area (Å²) >= 11 is 0. The predicted octanol–water partition coefficient (Wildman–Crippen LogP) is 3.64. The summed E-state index contributed by atoms with van der Waals surface area (Å²) < 4.78 is 19.7. The topological polar surface area (TPSA) is 28.4 Å². The summed E-state index contributed by atoms with van der Waals surface area (Å²) in [5.41, 5.74) is 1.56. The minimum absolute atomic E-state index is 0.0491. The average Bonchev–Trinajstić information content (AvgIpc) is 2.83. The summed E-state index contributed by atoms with van der Waals surface area (Å²) in [5, 5.41) is 3.10. The summed E-state index contributed by atoms with van der Waals surface area (Å²) in [6, 6.07) is 9.00. The Bertz CT molecular complexity index is 580. The van der Waals surface area contributed by atoms with Crippen LogP contribution in [0, 0.1) is 12.7 Å². The van der Waals surface area contributed by atoms with E-state index in [4.69, 9.17) is 4.42 Å². The van der Waals surface area contributed by atoms with Gasteiger partial charge in [-0.15, -0.1) is 0 Å². The molecule has 3 nitrogen and oxygen atoms in total. The highest BCUT2D eigenvalue weighted by atomic mass is 19.1. The van der Waals surface area contributed by atoms with Crippen molar-refractivity contribution < 1.29 is 8.81 Å². The second-order valence-corrected chi connectivity index (χ2v) is 5.05. The van der Waals surface area contributed by atoms with Crippen molar-refractivity contribution in [1.29, 1.82) is 0 Å². The second kappa shape index (κ2) is 6.09. The van der Waals surface area contributed by atoms with Gasteiger partial charge in [0.2, 0.25) is 0 Å². The highest BCUT2D eigenvalue weighted by molar-refractivity contribution is 5.55. The molecule has 1 atom stereocenters. The molecule has 0 fully saturated rings. The number of furan rings is 1. The number of rotatable bonds is 5. The third kappa shape index (κ3) is 3.02. The monoisotopic (exact) mass is 276 g/mol. The van der Waals surface area contributed by atoms with Crippen LogP contribution >= 0.6 is 0 Å². The maximum absolute atomic E-state index is 14.1. The molecule has 0 radical (unpaired) electrons. The number of hydrogen-bond donors (Lipinski definition) is 1. The fourth-order valence-electron chi connectivity index (χ4n) is 2.32. The van der Waals surface area contributed by atoms with Crippen LogP contribution < -0.4 is 10.2 Å². The number of hydrogen-bond acceptors (Lipinski definition) is 3. The zero-order valence-corrected chi connectivity index (χ0v) is 12.4. The van der Waals surface area contributed by atoms with Gasteiger partial charge in [-0.3, -0.25) is 0 Å². The quantitative estimate of drug-likeness (QED) is 0.903. The van der Waals surface area contributed by atoms with Gasteiger partial charge in [0.25, 0.3) is 0 Å². The fraction of sp³-hybridized carbons (Fsp3) is 0.375. The zero-order chi connectivity index (χ0) is 14.7. The Hall–Kier alpha value is -1.81. The van der Waals surface area contributed by atoms with Gasteiger partial charge in [-0.25, -0.2) is 4.39 Å². The van der Waals surface area contributed by atoms with E-state index < -0.39 is 0 Å². The Morgan fingerprint density at radius 2 is 2.05 bits per heavy atom. The molecule has 1 aromatic heterocycles. The summed E-state index contributed by atoms with van der Waals surface area (Å²) in [5.74, 6) is 1.57. The molecule has 108 valence electrons. The SMILES string of the molecule is CNC(C)c1c(F)cccc1N(C)Cc1ccc(C)o1. The number of aryl methyl sites for hydroxylation is 1. The van der Waals surface area contributed by atoms with Gasteiger partial charge in [-0.05, 0) is 45.2 Å². The molecule has 0 amide bonds. The van der Waals surface area contributed by atoms with Crippen LogP contribution in [0.4, 0.5) is 10.1 Å². The number of nitrogens with zero attached hydrogens (tertiary/aromatic N) is 1. The molecule has 1 aromatic carbocycles. The third-order valence-corrected chi connectivity index (χ3v) is 3.50. The van der Waals surface area contributed by atoms with E-state index >= 15 is 0 Å². The van der Waals surface area contributed by atoms with Gasteiger partial charge >= 0.3 is 0 Å². The van der Waals surface area contributed by atoms with Gasteiger partial charge < -0.3 is 14.6 Å². The first kappa shape index (κ1) is 14.6. The van der Waals surface area contributed by atoms with Gasteiger partial charge in [0.15, 0.2) is 0 Å². The van der Waals surface area contributed by atoms with E-state index in [-0.39, 0.29) is 11.9 Å². The zero-order valence-electron chi connectivity index (χ0n) is 12.4. The van der Waals surface area contributed by atoms with Crippen LogP contribution in [0.5, 0.6) is 0 Å². The standard InChI is InChI=1S/C16H21FN2O/c1-11-8-9-13(20-11)10-19(4)15-7-5-6-14(17)16(15)12(2)18-3/h5-9,12,18H,10H2,1-4H3. The molecule has 1 heterocycles. The molecule has 0 saturated carbocycles. The van der Waals surface area contributed by atoms with Crippen molar-refractivity contribution in [3.63, 3.8) is 0 Å². The van der Waals surface area contributed by atoms with E-state index in [1.807, 2.05) is 51.0 Å². The molecule has 2 rings (SSSR count). The average molecular weight is 276 g/mol. The highest BCUT2D eigenvalue weighted by Crippen LogP contribution is 2.29. The van der Waals surface area contributed by atoms with Gasteiger partial charge in [-0.1, -0.05) is 6.07 Å². The lowest BCUT2D eigenvalue weighted by Crippen LogP contribution is -2.22. The molecular formula is C16H21FN2O. The molecule has 0 bridgehead atoms. The van der Waals surface area contributed by atoms with Gasteiger partial charge in [0.05, 0.1) is 6.54 Å². The van der Waals surface area contributed by atoms with E-state index in [2.05, 4.69) is 5.32 Å². The largest absolute Gasteiger partial charge is 0.464 e. The molecule has 0 aliphatic rings. The lowest BCUT2D eigenvalue weighted by molar-refractivity contribution is 0.480. The van der Waals surface area contributed by atoms with Crippen molar-refractivity contribution in [1.82, 2.24) is 5.32 Å². The van der Waals surface area contributed by atoms with Crippen molar-refractivity contribution in [3.8, 4) is 0 Å². The first-order chi connectivity index (χ1) is 9.52. The van der Waals surface area contributed by atoms with Crippen LogP contribution in [0.1, 0.15) is 30.0 Å². The summed E-state index contributed by atoms with van der Waals surface area (Å²) in [6.07, 6.45) is 0. The van der Waals surface area contributed by atoms with Crippen molar-refractivity contribution in [2.75, 3.05) is 19.0 Å². The Morgan fingerprint density at radius 1 is 1.30 bits per heavy atom. The van der Waals surface area contributed by atoms with Crippen LogP contribution in [0.3, 0.4) is 0 Å². The van der Waals surface area contributed by atoms with Crippen molar-refractivity contribution in [2.24, 2.45) is 0 Å². The van der Waals surface area contributed by atoms with Crippen molar-refractivity contribution in [2.45, 2.75) is 26.4 Å². The molecule has 0 spiro atoms. The summed E-state index contributed by atoms with van der Waals surface area (Å²) in [4.78, 5) is 2.00. The summed E-state index contributed by atoms with van der Waals surface area (Å²) in [7, 11) is 3.77. The highest BCUT2D eigenvalue weighted by Gasteiger charge is 2.17. The van der Waals surface area contributed by atoms with Crippen LogP contribution in [0.25, 0.3) is 0 Å². The smallest absolute Gasteiger partial charge is 0.130 e. The normalized spacial score (nSPS) is 12.4. The molecule has 0 aliphatic carbocycles. The van der Waals surface area contributed by atoms with E-state index in [9.17, 15) is 4.39 Å². The lowest BCUT2D eigenvalue weighted by atomic mass is 10.0. The Balaban J connectivity index is 2.29. The summed E-state index contributed by atoms with van der Waals surface area (Å²) in [6.45, 7) is 4.48. The van der Waals surface area contributed by atoms with E-state index in [1.165, 1.54) is 6.07 Å². The van der Waals surface area contributed by atoms with Gasteiger partial charge in [0, 0.05) is 24.3 Å². The van der Waals surface area contributed by atoms with Crippen LogP contribution in [0.2, 0.25) is 0 Å². The molecular weight excluding hydrogens is 255 g/mol. The molecule has 20 heavy (non-hydrogen) atoms. The molecule has 1 N–H and O–H groups in total. The Labute approximate surface area is 119 Å². The van der Waals surface area contributed by atoms with Crippen LogP contribution in [-0.4, -0.2) is 14.1 Å². The Morgan fingerprint density at radius 3 is 2.65 bits per heavy atom. The second-order valence-electron chi connectivity index (χ2n) is 5.05.